The van der Waals surface area contributed by atoms with Crippen LogP contribution in [0.1, 0.15) is 16.2 Å². The Morgan fingerprint density at radius 1 is 1.29 bits per heavy atom. The van der Waals surface area contributed by atoms with Gasteiger partial charge in [0.2, 0.25) is 5.78 Å². The number of aromatic nitrogens is 2. The van der Waals surface area contributed by atoms with Crippen molar-refractivity contribution in [3.05, 3.63) is 47.9 Å². The van der Waals surface area contributed by atoms with Gasteiger partial charge >= 0.3 is 0 Å². The van der Waals surface area contributed by atoms with E-state index in [0.717, 1.165) is 0 Å². The summed E-state index contributed by atoms with van der Waals surface area (Å²) in [6.07, 6.45) is 1.43. The zero-order chi connectivity index (χ0) is 9.97. The van der Waals surface area contributed by atoms with Crippen molar-refractivity contribution in [2.75, 3.05) is 5.73 Å². The van der Waals surface area contributed by atoms with E-state index in [1.165, 1.54) is 6.20 Å². The summed E-state index contributed by atoms with van der Waals surface area (Å²) < 4.78 is 0. The summed E-state index contributed by atoms with van der Waals surface area (Å²) >= 11 is 0. The van der Waals surface area contributed by atoms with Crippen LogP contribution in [0.25, 0.3) is 0 Å². The van der Waals surface area contributed by atoms with Crippen molar-refractivity contribution in [2.45, 2.75) is 0 Å². The average Bonchev–Trinajstić information content (AvgIpc) is 2.65. The fourth-order valence-corrected chi connectivity index (χ4v) is 1.18. The number of nitrogen functional groups attached to an aromatic ring is 1. The first kappa shape index (κ1) is 8.50. The van der Waals surface area contributed by atoms with Crippen LogP contribution < -0.4 is 5.73 Å². The number of nitrogens with two attached hydrogens (primary N) is 1. The van der Waals surface area contributed by atoms with Crippen LogP contribution in [0, 0.1) is 0 Å². The van der Waals surface area contributed by atoms with E-state index in [9.17, 15) is 4.79 Å². The second kappa shape index (κ2) is 3.33. The number of hydrogen-bond acceptors (Lipinski definition) is 3. The molecule has 0 saturated carbocycles. The lowest BCUT2D eigenvalue weighted by Crippen LogP contribution is -2.03. The molecule has 0 aliphatic carbocycles. The van der Waals surface area contributed by atoms with Crippen LogP contribution in [0.5, 0.6) is 0 Å². The van der Waals surface area contributed by atoms with Crippen molar-refractivity contribution in [1.29, 1.82) is 0 Å². The third-order valence-corrected chi connectivity index (χ3v) is 1.85. The summed E-state index contributed by atoms with van der Waals surface area (Å²) in [5, 5.41) is 0. The quantitative estimate of drug-likeness (QED) is 0.694. The largest absolute Gasteiger partial charge is 0.384 e. The minimum Gasteiger partial charge on any atom is -0.384 e. The molecule has 70 valence electrons. The molecule has 2 rings (SSSR count). The Morgan fingerprint density at radius 3 is 2.57 bits per heavy atom. The van der Waals surface area contributed by atoms with Gasteiger partial charge in [-0.15, -0.1) is 0 Å². The maximum absolute atomic E-state index is 11.7. The smallest absolute Gasteiger partial charge is 0.228 e. The van der Waals surface area contributed by atoms with Gasteiger partial charge in [-0.25, -0.2) is 4.98 Å². The number of anilines is 1. The number of hydrogen-bond donors (Lipinski definition) is 2. The van der Waals surface area contributed by atoms with Gasteiger partial charge in [0.05, 0.1) is 6.20 Å². The van der Waals surface area contributed by atoms with Gasteiger partial charge < -0.3 is 10.7 Å². The molecule has 0 unspecified atom stereocenters. The Labute approximate surface area is 80.8 Å². The Balaban J connectivity index is 2.34. The highest BCUT2D eigenvalue weighted by Crippen LogP contribution is 2.06. The summed E-state index contributed by atoms with van der Waals surface area (Å²) in [6, 6.07) is 8.94. The van der Waals surface area contributed by atoms with E-state index < -0.39 is 0 Å². The predicted octanol–water partition coefficient (Wildman–Crippen LogP) is 1.22. The zero-order valence-electron chi connectivity index (χ0n) is 7.40. The number of nitrogens with zero attached hydrogens (tertiary/aromatic N) is 1. The molecule has 1 aromatic heterocycles. The highest BCUT2D eigenvalue weighted by atomic mass is 16.1. The van der Waals surface area contributed by atoms with Gasteiger partial charge in [0, 0.05) is 5.56 Å². The molecule has 0 fully saturated rings. The molecule has 0 spiro atoms. The summed E-state index contributed by atoms with van der Waals surface area (Å²) in [5.41, 5.74) is 6.02. The van der Waals surface area contributed by atoms with Gasteiger partial charge in [0.1, 0.15) is 5.82 Å². The summed E-state index contributed by atoms with van der Waals surface area (Å²) in [4.78, 5) is 18.3. The van der Waals surface area contributed by atoms with Crippen LogP contribution in [-0.2, 0) is 0 Å². The van der Waals surface area contributed by atoms with Crippen LogP contribution in [0.2, 0.25) is 0 Å². The van der Waals surface area contributed by atoms with Crippen molar-refractivity contribution < 1.29 is 4.79 Å². The number of benzene rings is 1. The van der Waals surface area contributed by atoms with Crippen molar-refractivity contribution in [3.8, 4) is 0 Å². The number of rotatable bonds is 2. The molecule has 4 nitrogen and oxygen atoms in total. The predicted molar refractivity (Wildman–Crippen MR) is 52.9 cm³/mol. The molecule has 4 heteroatoms. The molecule has 0 aliphatic rings. The van der Waals surface area contributed by atoms with Gasteiger partial charge in [0.15, 0.2) is 5.82 Å². The molecule has 0 aliphatic heterocycles. The molecule has 3 N–H and O–H groups in total. The molecule has 2 aromatic rings. The number of carbonyl (C=O) groups is 1. The number of carbonyl (C=O) groups excluding carboxylic acids is 1. The minimum absolute atomic E-state index is 0.151. The minimum atomic E-state index is -0.151. The standard InChI is InChI=1S/C10H9N3O/c11-8-6-12-10(13-8)9(14)7-4-2-1-3-5-7/h1-6H,11H2,(H,12,13). The number of aromatic amines is 1. The molecule has 0 saturated heterocycles. The van der Waals surface area contributed by atoms with Crippen molar-refractivity contribution in [3.63, 3.8) is 0 Å². The fourth-order valence-electron chi connectivity index (χ4n) is 1.18. The topological polar surface area (TPSA) is 71.8 Å². The van der Waals surface area contributed by atoms with Gasteiger partial charge in [0.25, 0.3) is 0 Å². The van der Waals surface area contributed by atoms with Crippen LogP contribution in [0.3, 0.4) is 0 Å². The van der Waals surface area contributed by atoms with E-state index in [2.05, 4.69) is 9.97 Å². The Bertz CT molecular complexity index is 447. The maximum Gasteiger partial charge on any atom is 0.228 e. The summed E-state index contributed by atoms with van der Waals surface area (Å²) in [6.45, 7) is 0. The molecule has 0 amide bonds. The highest BCUT2D eigenvalue weighted by Gasteiger charge is 2.10. The number of ketones is 1. The molecule has 1 aromatic carbocycles. The van der Waals surface area contributed by atoms with Crippen molar-refractivity contribution in [2.24, 2.45) is 0 Å². The lowest BCUT2D eigenvalue weighted by Gasteiger charge is -1.95. The maximum atomic E-state index is 11.7. The second-order valence-corrected chi connectivity index (χ2v) is 2.88. The van der Waals surface area contributed by atoms with E-state index >= 15 is 0 Å². The number of H-pyrrole nitrogens is 1. The van der Waals surface area contributed by atoms with Crippen LogP contribution in [-0.4, -0.2) is 15.8 Å². The van der Waals surface area contributed by atoms with Crippen LogP contribution in [0.15, 0.2) is 36.5 Å². The molecule has 14 heavy (non-hydrogen) atoms. The first-order valence-corrected chi connectivity index (χ1v) is 4.17. The first-order chi connectivity index (χ1) is 6.77. The van der Waals surface area contributed by atoms with E-state index in [4.69, 9.17) is 5.73 Å². The third-order valence-electron chi connectivity index (χ3n) is 1.85. The number of imidazole rings is 1. The zero-order valence-corrected chi connectivity index (χ0v) is 7.40. The van der Waals surface area contributed by atoms with Crippen LogP contribution in [0.4, 0.5) is 5.82 Å². The van der Waals surface area contributed by atoms with E-state index in [-0.39, 0.29) is 11.6 Å². The Hall–Kier alpha value is -2.10. The van der Waals surface area contributed by atoms with Crippen molar-refractivity contribution >= 4 is 11.6 Å². The lowest BCUT2D eigenvalue weighted by atomic mass is 10.1. The Kier molecular flexibility index (Phi) is 2.02. The normalized spacial score (nSPS) is 10.0. The van der Waals surface area contributed by atoms with Gasteiger partial charge in [-0.3, -0.25) is 4.79 Å². The molecule has 0 radical (unpaired) electrons. The first-order valence-electron chi connectivity index (χ1n) is 4.17. The van der Waals surface area contributed by atoms with Gasteiger partial charge in [-0.2, -0.15) is 0 Å². The highest BCUT2D eigenvalue weighted by molar-refractivity contribution is 6.06. The Morgan fingerprint density at radius 2 is 2.00 bits per heavy atom. The number of nitrogens with one attached hydrogen (secondary N) is 1. The lowest BCUT2D eigenvalue weighted by molar-refractivity contribution is 0.103. The summed E-state index contributed by atoms with van der Waals surface area (Å²) in [7, 11) is 0. The monoisotopic (exact) mass is 187 g/mol. The van der Waals surface area contributed by atoms with E-state index in [1.807, 2.05) is 6.07 Å². The molecular formula is C10H9N3O. The van der Waals surface area contributed by atoms with E-state index in [0.29, 0.717) is 11.4 Å². The molecule has 0 bridgehead atoms. The van der Waals surface area contributed by atoms with Gasteiger partial charge in [-0.1, -0.05) is 30.3 Å². The van der Waals surface area contributed by atoms with Gasteiger partial charge in [-0.05, 0) is 0 Å². The fraction of sp³-hybridized carbons (Fsp3) is 0. The SMILES string of the molecule is Nc1cnc(C(=O)c2ccccc2)[nH]1. The summed E-state index contributed by atoms with van der Waals surface area (Å²) in [5.74, 6) is 0.514. The molecule has 1 heterocycles. The van der Waals surface area contributed by atoms with Crippen molar-refractivity contribution in [1.82, 2.24) is 9.97 Å². The third kappa shape index (κ3) is 1.50. The van der Waals surface area contributed by atoms with E-state index in [1.54, 1.807) is 24.3 Å². The van der Waals surface area contributed by atoms with Crippen LogP contribution >= 0.6 is 0 Å². The second-order valence-electron chi connectivity index (χ2n) is 2.88. The molecular weight excluding hydrogens is 178 g/mol. The average molecular weight is 187 g/mol. The molecule has 0 atom stereocenters.